The van der Waals surface area contributed by atoms with E-state index in [1.54, 1.807) is 60.7 Å². The van der Waals surface area contributed by atoms with Crippen LogP contribution in [0.25, 0.3) is 0 Å². The van der Waals surface area contributed by atoms with Crippen LogP contribution in [0, 0.1) is 0 Å². The summed E-state index contributed by atoms with van der Waals surface area (Å²) >= 11 is 0. The van der Waals surface area contributed by atoms with Crippen molar-refractivity contribution in [2.75, 3.05) is 18.4 Å². The van der Waals surface area contributed by atoms with E-state index in [4.69, 9.17) is 4.74 Å². The average molecular weight is 500 g/mol. The average Bonchev–Trinajstić information content (AvgIpc) is 3.09. The molecule has 0 fully saturated rings. The van der Waals surface area contributed by atoms with Crippen molar-refractivity contribution in [2.45, 2.75) is 25.3 Å². The summed E-state index contributed by atoms with van der Waals surface area (Å²) in [5.41, 5.74) is 2.46. The van der Waals surface area contributed by atoms with Crippen LogP contribution in [0.4, 0.5) is 5.69 Å². The monoisotopic (exact) mass is 499 g/mol. The van der Waals surface area contributed by atoms with E-state index in [0.717, 1.165) is 18.7 Å². The maximum Gasteiger partial charge on any atom is 0.343 e. The number of halogens is 1. The number of esters is 1. The van der Waals surface area contributed by atoms with Crippen LogP contribution in [0.1, 0.15) is 35.3 Å². The van der Waals surface area contributed by atoms with Gasteiger partial charge in [0.2, 0.25) is 0 Å². The number of hydrogen-bond acceptors (Lipinski definition) is 6. The van der Waals surface area contributed by atoms with Gasteiger partial charge in [0.25, 0.3) is 10.0 Å². The molecule has 0 aromatic heterocycles. The van der Waals surface area contributed by atoms with E-state index in [1.165, 1.54) is 0 Å². The van der Waals surface area contributed by atoms with Gasteiger partial charge in [0.1, 0.15) is 10.6 Å². The molecule has 0 amide bonds. The summed E-state index contributed by atoms with van der Waals surface area (Å²) in [5, 5.41) is 3.13. The van der Waals surface area contributed by atoms with Crippen molar-refractivity contribution in [1.82, 2.24) is 4.90 Å². The highest BCUT2D eigenvalue weighted by atomic mass is 35.5. The topological polar surface area (TPSA) is 88.1 Å². The molecule has 34 heavy (non-hydrogen) atoms. The SMILES string of the molecule is CCN(CC)Cc1cc(NC2=NS(=O)(=O)c3ccccc32)ccc1OC(=O)c1ccccc1.Cl. The van der Waals surface area contributed by atoms with Gasteiger partial charge in [0.15, 0.2) is 5.84 Å². The van der Waals surface area contributed by atoms with Crippen LogP contribution in [0.5, 0.6) is 5.75 Å². The second-order valence-corrected chi connectivity index (χ2v) is 9.15. The number of anilines is 1. The highest BCUT2D eigenvalue weighted by molar-refractivity contribution is 7.90. The van der Waals surface area contributed by atoms with Crippen molar-refractivity contribution in [3.8, 4) is 5.75 Å². The van der Waals surface area contributed by atoms with Gasteiger partial charge in [-0.2, -0.15) is 8.42 Å². The molecular weight excluding hydrogens is 474 g/mol. The third-order valence-corrected chi connectivity index (χ3v) is 6.79. The molecule has 9 heteroatoms. The summed E-state index contributed by atoms with van der Waals surface area (Å²) in [6, 6.07) is 20.9. The van der Waals surface area contributed by atoms with Crippen molar-refractivity contribution in [1.29, 1.82) is 0 Å². The van der Waals surface area contributed by atoms with Gasteiger partial charge in [-0.05, 0) is 55.6 Å². The van der Waals surface area contributed by atoms with Gasteiger partial charge in [-0.1, -0.05) is 44.2 Å². The Labute approximate surface area is 205 Å². The number of nitrogens with one attached hydrogen (secondary N) is 1. The lowest BCUT2D eigenvalue weighted by Crippen LogP contribution is -2.23. The molecule has 178 valence electrons. The normalized spacial score (nSPS) is 13.6. The lowest BCUT2D eigenvalue weighted by atomic mass is 10.1. The van der Waals surface area contributed by atoms with Crippen LogP contribution in [0.3, 0.4) is 0 Å². The number of hydrogen-bond donors (Lipinski definition) is 1. The number of rotatable bonds is 7. The fourth-order valence-electron chi connectivity index (χ4n) is 3.63. The summed E-state index contributed by atoms with van der Waals surface area (Å²) < 4.78 is 34.3. The van der Waals surface area contributed by atoms with Gasteiger partial charge in [-0.15, -0.1) is 16.8 Å². The minimum atomic E-state index is -3.72. The first-order valence-corrected chi connectivity index (χ1v) is 12.2. The van der Waals surface area contributed by atoms with Gasteiger partial charge < -0.3 is 10.1 Å². The Morgan fingerprint density at radius 3 is 2.35 bits per heavy atom. The molecule has 3 aromatic rings. The minimum Gasteiger partial charge on any atom is -0.423 e. The van der Waals surface area contributed by atoms with Crippen LogP contribution < -0.4 is 10.1 Å². The van der Waals surface area contributed by atoms with Crippen molar-refractivity contribution in [3.63, 3.8) is 0 Å². The summed E-state index contributed by atoms with van der Waals surface area (Å²) in [7, 11) is -3.72. The molecule has 1 N–H and O–H groups in total. The molecule has 7 nitrogen and oxygen atoms in total. The number of sulfonamides is 1. The highest BCUT2D eigenvalue weighted by Gasteiger charge is 2.28. The highest BCUT2D eigenvalue weighted by Crippen LogP contribution is 2.29. The molecule has 1 heterocycles. The molecule has 1 aliphatic heterocycles. The van der Waals surface area contributed by atoms with Crippen LogP contribution >= 0.6 is 12.4 Å². The number of amidine groups is 1. The molecule has 0 spiro atoms. The number of carbonyl (C=O) groups excluding carboxylic acids is 1. The molecule has 0 saturated heterocycles. The minimum absolute atomic E-state index is 0. The van der Waals surface area contributed by atoms with Crippen LogP contribution in [0.15, 0.2) is 82.1 Å². The summed E-state index contributed by atoms with van der Waals surface area (Å²) in [6.07, 6.45) is 0. The predicted octanol–water partition coefficient (Wildman–Crippen LogP) is 4.73. The van der Waals surface area contributed by atoms with Gasteiger partial charge >= 0.3 is 5.97 Å². The molecule has 0 radical (unpaired) electrons. The van der Waals surface area contributed by atoms with E-state index in [-0.39, 0.29) is 23.1 Å². The predicted molar refractivity (Wildman–Crippen MR) is 136 cm³/mol. The van der Waals surface area contributed by atoms with Gasteiger partial charge in [-0.25, -0.2) is 4.79 Å². The molecule has 0 atom stereocenters. The van der Waals surface area contributed by atoms with Crippen molar-refractivity contribution in [3.05, 3.63) is 89.5 Å². The van der Waals surface area contributed by atoms with Crippen LogP contribution in [-0.4, -0.2) is 38.2 Å². The zero-order valence-corrected chi connectivity index (χ0v) is 20.5. The van der Waals surface area contributed by atoms with E-state index in [9.17, 15) is 13.2 Å². The standard InChI is InChI=1S/C25H25N3O4S.ClH/c1-3-28(4-2)17-19-16-20(14-15-22(19)32-25(29)18-10-6-5-7-11-18)26-24-21-12-8-9-13-23(21)33(30,31)27-24;/h5-16H,3-4,17H2,1-2H3,(H,26,27);1H. The van der Waals surface area contributed by atoms with Crippen LogP contribution in [-0.2, 0) is 16.6 Å². The van der Waals surface area contributed by atoms with E-state index < -0.39 is 16.0 Å². The van der Waals surface area contributed by atoms with E-state index in [0.29, 0.717) is 29.1 Å². The first kappa shape index (κ1) is 25.4. The third-order valence-electron chi connectivity index (χ3n) is 5.46. The Kier molecular flexibility index (Phi) is 8.09. The quantitative estimate of drug-likeness (QED) is 0.373. The van der Waals surface area contributed by atoms with Crippen molar-refractivity contribution in [2.24, 2.45) is 4.40 Å². The number of nitrogens with zero attached hydrogens (tertiary/aromatic N) is 2. The Morgan fingerprint density at radius 2 is 1.65 bits per heavy atom. The first-order chi connectivity index (χ1) is 15.9. The maximum absolute atomic E-state index is 12.6. The summed E-state index contributed by atoms with van der Waals surface area (Å²) in [4.78, 5) is 15.0. The summed E-state index contributed by atoms with van der Waals surface area (Å²) in [5.74, 6) is 0.299. The summed E-state index contributed by atoms with van der Waals surface area (Å²) in [6.45, 7) is 6.37. The molecule has 0 bridgehead atoms. The molecule has 4 rings (SSSR count). The van der Waals surface area contributed by atoms with E-state index in [2.05, 4.69) is 28.5 Å². The smallest absolute Gasteiger partial charge is 0.343 e. The molecule has 0 unspecified atom stereocenters. The van der Waals surface area contributed by atoms with Gasteiger partial charge in [0.05, 0.1) is 5.56 Å². The van der Waals surface area contributed by atoms with Gasteiger partial charge in [0, 0.05) is 23.4 Å². The number of fused-ring (bicyclic) bond motifs is 1. The molecule has 3 aromatic carbocycles. The zero-order valence-electron chi connectivity index (χ0n) is 18.9. The number of benzene rings is 3. The molecule has 0 saturated carbocycles. The second-order valence-electron chi connectivity index (χ2n) is 7.58. The van der Waals surface area contributed by atoms with Gasteiger partial charge in [-0.3, -0.25) is 4.90 Å². The largest absolute Gasteiger partial charge is 0.423 e. The second kappa shape index (κ2) is 10.8. The lowest BCUT2D eigenvalue weighted by Gasteiger charge is -2.21. The number of carbonyl (C=O) groups is 1. The lowest BCUT2D eigenvalue weighted by molar-refractivity contribution is 0.0731. The first-order valence-electron chi connectivity index (χ1n) is 10.7. The van der Waals surface area contributed by atoms with E-state index in [1.807, 2.05) is 12.1 Å². The number of ether oxygens (including phenoxy) is 1. The fraction of sp³-hybridized carbons (Fsp3) is 0.200. The fourth-order valence-corrected chi connectivity index (χ4v) is 4.81. The Balaban J connectivity index is 0.00000324. The van der Waals surface area contributed by atoms with Crippen molar-refractivity contribution < 1.29 is 17.9 Å². The van der Waals surface area contributed by atoms with Crippen LogP contribution in [0.2, 0.25) is 0 Å². The van der Waals surface area contributed by atoms with E-state index >= 15 is 0 Å². The zero-order chi connectivity index (χ0) is 23.4. The maximum atomic E-state index is 12.6. The Bertz CT molecular complexity index is 1310. The Morgan fingerprint density at radius 1 is 0.971 bits per heavy atom. The van der Waals surface area contributed by atoms with Crippen molar-refractivity contribution >= 4 is 39.9 Å². The molecule has 0 aliphatic carbocycles. The Hall–Kier alpha value is -3.20. The molecular formula is C25H26ClN3O4S. The third kappa shape index (κ3) is 5.47. The molecule has 1 aliphatic rings.